The SMILES string of the molecule is CCc1nn(C)c(=O)n1CC. The molecule has 0 aromatic carbocycles. The first kappa shape index (κ1) is 8.04. The van der Waals surface area contributed by atoms with E-state index in [9.17, 15) is 4.79 Å². The predicted molar refractivity (Wildman–Crippen MR) is 42.5 cm³/mol. The fourth-order valence-electron chi connectivity index (χ4n) is 1.13. The summed E-state index contributed by atoms with van der Waals surface area (Å²) in [7, 11) is 1.67. The summed E-state index contributed by atoms with van der Waals surface area (Å²) in [5.74, 6) is 0.861. The molecule has 0 fully saturated rings. The zero-order chi connectivity index (χ0) is 8.43. The Morgan fingerprint density at radius 1 is 1.45 bits per heavy atom. The van der Waals surface area contributed by atoms with Gasteiger partial charge in [0, 0.05) is 20.0 Å². The van der Waals surface area contributed by atoms with E-state index in [0.29, 0.717) is 6.54 Å². The van der Waals surface area contributed by atoms with E-state index in [1.54, 1.807) is 11.6 Å². The van der Waals surface area contributed by atoms with E-state index in [0.717, 1.165) is 12.2 Å². The zero-order valence-electron chi connectivity index (χ0n) is 7.16. The van der Waals surface area contributed by atoms with Crippen molar-refractivity contribution in [3.8, 4) is 0 Å². The molecule has 1 aromatic rings. The van der Waals surface area contributed by atoms with Gasteiger partial charge in [-0.05, 0) is 6.92 Å². The second kappa shape index (κ2) is 2.90. The van der Waals surface area contributed by atoms with Gasteiger partial charge in [-0.15, -0.1) is 0 Å². The average Bonchev–Trinajstić information content (AvgIpc) is 2.28. The Balaban J connectivity index is 3.27. The van der Waals surface area contributed by atoms with Gasteiger partial charge in [0.25, 0.3) is 0 Å². The smallest absolute Gasteiger partial charge is 0.279 e. The lowest BCUT2D eigenvalue weighted by molar-refractivity contribution is 0.667. The van der Waals surface area contributed by atoms with Crippen LogP contribution in [0.25, 0.3) is 0 Å². The molecule has 0 atom stereocenters. The zero-order valence-corrected chi connectivity index (χ0v) is 7.16. The molecule has 62 valence electrons. The van der Waals surface area contributed by atoms with Gasteiger partial charge >= 0.3 is 5.69 Å². The predicted octanol–water partition coefficient (Wildman–Crippen LogP) is 0.164. The van der Waals surface area contributed by atoms with Crippen LogP contribution in [0, 0.1) is 0 Å². The summed E-state index contributed by atoms with van der Waals surface area (Å²) in [5.41, 5.74) is -0.0237. The van der Waals surface area contributed by atoms with Gasteiger partial charge < -0.3 is 0 Å². The lowest BCUT2D eigenvalue weighted by atomic mass is 10.4. The normalized spacial score (nSPS) is 10.5. The molecule has 0 unspecified atom stereocenters. The summed E-state index contributed by atoms with van der Waals surface area (Å²) in [4.78, 5) is 11.2. The van der Waals surface area contributed by atoms with E-state index in [1.807, 2.05) is 13.8 Å². The van der Waals surface area contributed by atoms with Gasteiger partial charge in [0.2, 0.25) is 0 Å². The van der Waals surface area contributed by atoms with Crippen molar-refractivity contribution >= 4 is 0 Å². The molecule has 0 aliphatic rings. The Bertz CT molecular complexity index is 297. The van der Waals surface area contributed by atoms with Gasteiger partial charge in [0.1, 0.15) is 5.82 Å². The molecular formula is C7H13N3O. The summed E-state index contributed by atoms with van der Waals surface area (Å²) in [5, 5.41) is 4.07. The standard InChI is InChI=1S/C7H13N3O/c1-4-6-8-9(3)7(11)10(6)5-2/h4-5H2,1-3H3. The molecule has 11 heavy (non-hydrogen) atoms. The molecule has 0 amide bonds. The van der Waals surface area contributed by atoms with E-state index >= 15 is 0 Å². The summed E-state index contributed by atoms with van der Waals surface area (Å²) in [6.45, 7) is 4.64. The van der Waals surface area contributed by atoms with Gasteiger partial charge in [0.05, 0.1) is 0 Å². The fourth-order valence-corrected chi connectivity index (χ4v) is 1.13. The maximum atomic E-state index is 11.2. The quantitative estimate of drug-likeness (QED) is 0.610. The largest absolute Gasteiger partial charge is 0.345 e. The van der Waals surface area contributed by atoms with Gasteiger partial charge in [-0.25, -0.2) is 9.48 Å². The first-order valence-electron chi connectivity index (χ1n) is 3.83. The summed E-state index contributed by atoms with van der Waals surface area (Å²) in [6, 6.07) is 0. The van der Waals surface area contributed by atoms with Crippen molar-refractivity contribution in [3.63, 3.8) is 0 Å². The van der Waals surface area contributed by atoms with E-state index in [-0.39, 0.29) is 5.69 Å². The van der Waals surface area contributed by atoms with Crippen LogP contribution in [0.15, 0.2) is 4.79 Å². The second-order valence-electron chi connectivity index (χ2n) is 2.42. The Hall–Kier alpha value is -1.06. The first-order valence-corrected chi connectivity index (χ1v) is 3.83. The molecule has 0 spiro atoms. The van der Waals surface area contributed by atoms with Crippen molar-refractivity contribution in [1.29, 1.82) is 0 Å². The minimum absolute atomic E-state index is 0.0237. The van der Waals surface area contributed by atoms with Gasteiger partial charge in [-0.3, -0.25) is 4.57 Å². The topological polar surface area (TPSA) is 39.8 Å². The summed E-state index contributed by atoms with van der Waals surface area (Å²) >= 11 is 0. The van der Waals surface area contributed by atoms with Crippen molar-refractivity contribution in [1.82, 2.24) is 14.3 Å². The van der Waals surface area contributed by atoms with E-state index in [2.05, 4.69) is 5.10 Å². The van der Waals surface area contributed by atoms with Gasteiger partial charge in [-0.2, -0.15) is 5.10 Å². The third-order valence-corrected chi connectivity index (χ3v) is 1.72. The molecule has 1 rings (SSSR count). The van der Waals surface area contributed by atoms with Crippen molar-refractivity contribution in [2.75, 3.05) is 0 Å². The number of nitrogens with zero attached hydrogens (tertiary/aromatic N) is 3. The first-order chi connectivity index (χ1) is 5.20. The number of aromatic nitrogens is 3. The molecule has 0 N–H and O–H groups in total. The lowest BCUT2D eigenvalue weighted by Gasteiger charge is -1.95. The molecule has 4 heteroatoms. The molecule has 1 aromatic heterocycles. The number of rotatable bonds is 2. The number of hydrogen-bond donors (Lipinski definition) is 0. The fraction of sp³-hybridized carbons (Fsp3) is 0.714. The highest BCUT2D eigenvalue weighted by Gasteiger charge is 2.05. The molecule has 0 bridgehead atoms. The molecule has 1 heterocycles. The molecule has 0 aliphatic heterocycles. The Morgan fingerprint density at radius 3 is 2.45 bits per heavy atom. The Labute approximate surface area is 65.5 Å². The second-order valence-corrected chi connectivity index (χ2v) is 2.42. The van der Waals surface area contributed by atoms with Crippen LogP contribution < -0.4 is 5.69 Å². The highest BCUT2D eigenvalue weighted by Crippen LogP contribution is 1.91. The number of aryl methyl sites for hydroxylation is 2. The molecule has 4 nitrogen and oxygen atoms in total. The average molecular weight is 155 g/mol. The maximum Gasteiger partial charge on any atom is 0.345 e. The molecule has 0 aliphatic carbocycles. The van der Waals surface area contributed by atoms with Gasteiger partial charge in [0.15, 0.2) is 0 Å². The summed E-state index contributed by atoms with van der Waals surface area (Å²) < 4.78 is 3.06. The molecule has 0 saturated carbocycles. The van der Waals surface area contributed by atoms with Gasteiger partial charge in [-0.1, -0.05) is 6.92 Å². The van der Waals surface area contributed by atoms with Crippen LogP contribution in [0.5, 0.6) is 0 Å². The third-order valence-electron chi connectivity index (χ3n) is 1.72. The minimum atomic E-state index is -0.0237. The maximum absolute atomic E-state index is 11.2. The third kappa shape index (κ3) is 1.20. The monoisotopic (exact) mass is 155 g/mol. The van der Waals surface area contributed by atoms with Crippen molar-refractivity contribution < 1.29 is 0 Å². The van der Waals surface area contributed by atoms with Crippen LogP contribution in [-0.4, -0.2) is 14.3 Å². The highest BCUT2D eigenvalue weighted by molar-refractivity contribution is 4.85. The van der Waals surface area contributed by atoms with Crippen molar-refractivity contribution in [2.45, 2.75) is 26.8 Å². The lowest BCUT2D eigenvalue weighted by Crippen LogP contribution is -2.22. The van der Waals surface area contributed by atoms with Crippen molar-refractivity contribution in [3.05, 3.63) is 16.3 Å². The highest BCUT2D eigenvalue weighted by atomic mass is 16.2. The van der Waals surface area contributed by atoms with Crippen LogP contribution in [0.3, 0.4) is 0 Å². The van der Waals surface area contributed by atoms with Crippen LogP contribution in [0.4, 0.5) is 0 Å². The molecular weight excluding hydrogens is 142 g/mol. The van der Waals surface area contributed by atoms with Crippen LogP contribution in [-0.2, 0) is 20.0 Å². The van der Waals surface area contributed by atoms with Crippen LogP contribution >= 0.6 is 0 Å². The molecule has 0 saturated heterocycles. The summed E-state index contributed by atoms with van der Waals surface area (Å²) in [6.07, 6.45) is 0.809. The molecule has 0 radical (unpaired) electrons. The van der Waals surface area contributed by atoms with E-state index in [4.69, 9.17) is 0 Å². The van der Waals surface area contributed by atoms with E-state index in [1.165, 1.54) is 4.68 Å². The van der Waals surface area contributed by atoms with Crippen LogP contribution in [0.2, 0.25) is 0 Å². The number of hydrogen-bond acceptors (Lipinski definition) is 2. The van der Waals surface area contributed by atoms with Crippen molar-refractivity contribution in [2.24, 2.45) is 7.05 Å². The van der Waals surface area contributed by atoms with E-state index < -0.39 is 0 Å². The van der Waals surface area contributed by atoms with Crippen LogP contribution in [0.1, 0.15) is 19.7 Å². The Morgan fingerprint density at radius 2 is 2.09 bits per heavy atom. The Kier molecular flexibility index (Phi) is 2.12. The minimum Gasteiger partial charge on any atom is -0.279 e.